The van der Waals surface area contributed by atoms with Gasteiger partial charge >= 0.3 is 0 Å². The first-order chi connectivity index (χ1) is 6.27. The van der Waals surface area contributed by atoms with Crippen LogP contribution in [-0.2, 0) is 11.2 Å². The predicted octanol–water partition coefficient (Wildman–Crippen LogP) is 1.83. The summed E-state index contributed by atoms with van der Waals surface area (Å²) in [5, 5.41) is 0. The summed E-state index contributed by atoms with van der Waals surface area (Å²) >= 11 is 0. The Kier molecular flexibility index (Phi) is 2.05. The normalized spacial score (nSPS) is 20.2. The molecule has 0 aliphatic carbocycles. The smallest absolute Gasteiger partial charge is 0.136 e. The number of carbonyl (C=O) groups is 1. The van der Waals surface area contributed by atoms with Gasteiger partial charge in [-0.25, -0.2) is 0 Å². The number of para-hydroxylation sites is 1. The summed E-state index contributed by atoms with van der Waals surface area (Å²) in [6, 6.07) is 7.90. The van der Waals surface area contributed by atoms with E-state index in [4.69, 9.17) is 4.74 Å². The van der Waals surface area contributed by atoms with Crippen LogP contribution in [0.15, 0.2) is 24.3 Å². The first-order valence-electron chi connectivity index (χ1n) is 4.48. The predicted molar refractivity (Wildman–Crippen MR) is 49.8 cm³/mol. The minimum absolute atomic E-state index is 0.0508. The molecule has 1 heterocycles. The van der Waals surface area contributed by atoms with Crippen LogP contribution in [0.3, 0.4) is 0 Å². The summed E-state index contributed by atoms with van der Waals surface area (Å²) in [4.78, 5) is 11.1. The molecule has 2 rings (SSSR count). The molecule has 1 aromatic rings. The molecule has 0 unspecified atom stereocenters. The van der Waals surface area contributed by atoms with Crippen LogP contribution < -0.4 is 4.74 Å². The van der Waals surface area contributed by atoms with Gasteiger partial charge in [0.05, 0.1) is 12.5 Å². The van der Waals surface area contributed by atoms with Crippen LogP contribution in [0.5, 0.6) is 5.75 Å². The standard InChI is InChI=1S/C11H12O2/c1-8(12)10-6-9-4-2-3-5-11(9)13-7-10/h2-5,10H,6-7H2,1H3/t10-/m1/s1. The van der Waals surface area contributed by atoms with Gasteiger partial charge in [0.2, 0.25) is 0 Å². The molecule has 0 fully saturated rings. The summed E-state index contributed by atoms with van der Waals surface area (Å²) in [5.41, 5.74) is 1.15. The van der Waals surface area contributed by atoms with E-state index in [9.17, 15) is 4.79 Å². The molecule has 1 aromatic carbocycles. The van der Waals surface area contributed by atoms with E-state index in [1.807, 2.05) is 24.3 Å². The molecule has 0 N–H and O–H groups in total. The fourth-order valence-corrected chi connectivity index (χ4v) is 1.59. The molecule has 0 saturated heterocycles. The third kappa shape index (κ3) is 1.57. The minimum atomic E-state index is 0.0508. The number of ketones is 1. The van der Waals surface area contributed by atoms with E-state index in [1.165, 1.54) is 0 Å². The van der Waals surface area contributed by atoms with Gasteiger partial charge < -0.3 is 4.74 Å². The van der Waals surface area contributed by atoms with Crippen molar-refractivity contribution in [1.29, 1.82) is 0 Å². The van der Waals surface area contributed by atoms with Crippen LogP contribution in [0.2, 0.25) is 0 Å². The lowest BCUT2D eigenvalue weighted by Gasteiger charge is -2.23. The number of Topliss-reactive ketones (excluding diaryl/α,β-unsaturated/α-hetero) is 1. The van der Waals surface area contributed by atoms with Crippen molar-refractivity contribution in [3.8, 4) is 5.75 Å². The molecule has 0 bridgehead atoms. The van der Waals surface area contributed by atoms with Crippen molar-refractivity contribution in [2.24, 2.45) is 5.92 Å². The Hall–Kier alpha value is -1.31. The van der Waals surface area contributed by atoms with Crippen LogP contribution in [0, 0.1) is 5.92 Å². The average Bonchev–Trinajstić information content (AvgIpc) is 2.17. The number of fused-ring (bicyclic) bond motifs is 1. The number of rotatable bonds is 1. The van der Waals surface area contributed by atoms with E-state index < -0.39 is 0 Å². The third-order valence-electron chi connectivity index (χ3n) is 2.45. The second-order valence-electron chi connectivity index (χ2n) is 3.43. The van der Waals surface area contributed by atoms with Crippen molar-refractivity contribution in [1.82, 2.24) is 0 Å². The van der Waals surface area contributed by atoms with Gasteiger partial charge in [0.25, 0.3) is 0 Å². The van der Waals surface area contributed by atoms with Crippen molar-refractivity contribution in [2.75, 3.05) is 6.61 Å². The highest BCUT2D eigenvalue weighted by molar-refractivity contribution is 5.79. The highest BCUT2D eigenvalue weighted by atomic mass is 16.5. The number of hydrogen-bond acceptors (Lipinski definition) is 2. The highest BCUT2D eigenvalue weighted by Crippen LogP contribution is 2.26. The second kappa shape index (κ2) is 3.21. The number of ether oxygens (including phenoxy) is 1. The first kappa shape index (κ1) is 8.30. The van der Waals surface area contributed by atoms with Crippen LogP contribution in [0.25, 0.3) is 0 Å². The average molecular weight is 176 g/mol. The SMILES string of the molecule is CC(=O)[C@H]1COc2ccccc2C1. The van der Waals surface area contributed by atoms with Crippen LogP contribution in [0.1, 0.15) is 12.5 Å². The summed E-state index contributed by atoms with van der Waals surface area (Å²) in [6.45, 7) is 2.16. The molecule has 68 valence electrons. The molecule has 0 spiro atoms. The monoisotopic (exact) mass is 176 g/mol. The van der Waals surface area contributed by atoms with E-state index in [0.29, 0.717) is 6.61 Å². The zero-order chi connectivity index (χ0) is 9.26. The Morgan fingerprint density at radius 1 is 1.46 bits per heavy atom. The minimum Gasteiger partial charge on any atom is -0.493 e. The highest BCUT2D eigenvalue weighted by Gasteiger charge is 2.22. The lowest BCUT2D eigenvalue weighted by molar-refractivity contribution is -0.121. The van der Waals surface area contributed by atoms with Crippen molar-refractivity contribution in [3.05, 3.63) is 29.8 Å². The van der Waals surface area contributed by atoms with E-state index in [1.54, 1.807) is 6.92 Å². The number of carbonyl (C=O) groups excluding carboxylic acids is 1. The molecule has 1 aliphatic rings. The van der Waals surface area contributed by atoms with Gasteiger partial charge in [0.15, 0.2) is 0 Å². The molecule has 0 radical (unpaired) electrons. The van der Waals surface area contributed by atoms with Crippen molar-refractivity contribution in [3.63, 3.8) is 0 Å². The fourth-order valence-electron chi connectivity index (χ4n) is 1.59. The Morgan fingerprint density at radius 3 is 3.00 bits per heavy atom. The zero-order valence-corrected chi connectivity index (χ0v) is 7.62. The molecule has 2 nitrogen and oxygen atoms in total. The van der Waals surface area contributed by atoms with Gasteiger partial charge in [-0.3, -0.25) is 4.79 Å². The number of benzene rings is 1. The van der Waals surface area contributed by atoms with E-state index in [2.05, 4.69) is 0 Å². The molecular formula is C11H12O2. The fraction of sp³-hybridized carbons (Fsp3) is 0.364. The summed E-state index contributed by atoms with van der Waals surface area (Å²) in [5.74, 6) is 1.20. The molecule has 1 aliphatic heterocycles. The Labute approximate surface area is 77.5 Å². The first-order valence-corrected chi connectivity index (χ1v) is 4.48. The van der Waals surface area contributed by atoms with Gasteiger partial charge in [0, 0.05) is 0 Å². The summed E-state index contributed by atoms with van der Waals surface area (Å²) in [6.07, 6.45) is 0.825. The Bertz CT molecular complexity index is 331. The van der Waals surface area contributed by atoms with Crippen molar-refractivity contribution >= 4 is 5.78 Å². The molecular weight excluding hydrogens is 164 g/mol. The topological polar surface area (TPSA) is 26.3 Å². The van der Waals surface area contributed by atoms with E-state index in [-0.39, 0.29) is 11.7 Å². The third-order valence-corrected chi connectivity index (χ3v) is 2.45. The zero-order valence-electron chi connectivity index (χ0n) is 7.62. The largest absolute Gasteiger partial charge is 0.493 e. The molecule has 1 atom stereocenters. The quantitative estimate of drug-likeness (QED) is 0.652. The second-order valence-corrected chi connectivity index (χ2v) is 3.43. The maximum absolute atomic E-state index is 11.1. The Morgan fingerprint density at radius 2 is 2.23 bits per heavy atom. The molecule has 2 heteroatoms. The van der Waals surface area contributed by atoms with E-state index >= 15 is 0 Å². The lowest BCUT2D eigenvalue weighted by atomic mass is 9.94. The number of hydrogen-bond donors (Lipinski definition) is 0. The molecule has 0 saturated carbocycles. The van der Waals surface area contributed by atoms with Gasteiger partial charge in [-0.15, -0.1) is 0 Å². The van der Waals surface area contributed by atoms with Crippen molar-refractivity contribution < 1.29 is 9.53 Å². The maximum Gasteiger partial charge on any atom is 0.136 e. The van der Waals surface area contributed by atoms with Crippen LogP contribution >= 0.6 is 0 Å². The molecule has 13 heavy (non-hydrogen) atoms. The van der Waals surface area contributed by atoms with Gasteiger partial charge in [-0.05, 0) is 25.0 Å². The molecule has 0 amide bonds. The van der Waals surface area contributed by atoms with Crippen molar-refractivity contribution in [2.45, 2.75) is 13.3 Å². The van der Waals surface area contributed by atoms with Gasteiger partial charge in [-0.1, -0.05) is 18.2 Å². The van der Waals surface area contributed by atoms with E-state index in [0.717, 1.165) is 17.7 Å². The summed E-state index contributed by atoms with van der Waals surface area (Å²) < 4.78 is 5.48. The van der Waals surface area contributed by atoms with Crippen LogP contribution in [-0.4, -0.2) is 12.4 Å². The maximum atomic E-state index is 11.1. The Balaban J connectivity index is 2.24. The van der Waals surface area contributed by atoms with Crippen LogP contribution in [0.4, 0.5) is 0 Å². The lowest BCUT2D eigenvalue weighted by Crippen LogP contribution is -2.26. The van der Waals surface area contributed by atoms with Gasteiger partial charge in [-0.2, -0.15) is 0 Å². The van der Waals surface area contributed by atoms with Gasteiger partial charge in [0.1, 0.15) is 11.5 Å². The summed E-state index contributed by atoms with van der Waals surface area (Å²) in [7, 11) is 0. The molecule has 0 aromatic heterocycles.